The smallest absolute Gasteiger partial charge is 0.132 e. The van der Waals surface area contributed by atoms with Crippen LogP contribution in [0.2, 0.25) is 0 Å². The molecule has 134 valence electrons. The molecule has 0 fully saturated rings. The van der Waals surface area contributed by atoms with Gasteiger partial charge in [-0.1, -0.05) is 42.5 Å². The normalized spacial score (nSPS) is 11.7. The topological polar surface area (TPSA) is 59.1 Å². The first kappa shape index (κ1) is 17.7. The van der Waals surface area contributed by atoms with E-state index in [-0.39, 0.29) is 6.04 Å². The molecule has 1 unspecified atom stereocenters. The molecule has 0 aliphatic heterocycles. The lowest BCUT2D eigenvalue weighted by atomic mass is 10.1. The lowest BCUT2D eigenvalue weighted by Gasteiger charge is -2.16. The summed E-state index contributed by atoms with van der Waals surface area (Å²) < 4.78 is 5.19. The van der Waals surface area contributed by atoms with Crippen LogP contribution in [0, 0.1) is 6.92 Å². The van der Waals surface area contributed by atoms with Crippen LogP contribution in [-0.2, 0) is 6.54 Å². The molecule has 1 atom stereocenters. The molecule has 0 saturated carbocycles. The predicted octanol–water partition coefficient (Wildman–Crippen LogP) is 4.58. The second kappa shape index (κ2) is 8.34. The van der Waals surface area contributed by atoms with Crippen molar-refractivity contribution in [3.05, 3.63) is 77.6 Å². The minimum atomic E-state index is 0.167. The second-order valence-corrected chi connectivity index (χ2v) is 6.16. The van der Waals surface area contributed by atoms with Crippen LogP contribution in [0.5, 0.6) is 5.75 Å². The summed E-state index contributed by atoms with van der Waals surface area (Å²) in [4.78, 5) is 8.97. The van der Waals surface area contributed by atoms with Crippen molar-refractivity contribution in [2.75, 3.05) is 17.7 Å². The molecule has 5 nitrogen and oxygen atoms in total. The van der Waals surface area contributed by atoms with Crippen molar-refractivity contribution in [2.24, 2.45) is 0 Å². The van der Waals surface area contributed by atoms with Crippen molar-refractivity contribution < 1.29 is 4.74 Å². The van der Waals surface area contributed by atoms with Gasteiger partial charge in [-0.05, 0) is 37.1 Å². The third-order valence-electron chi connectivity index (χ3n) is 4.13. The Morgan fingerprint density at radius 3 is 2.35 bits per heavy atom. The fraction of sp³-hybridized carbons (Fsp3) is 0.238. The summed E-state index contributed by atoms with van der Waals surface area (Å²) in [6.07, 6.45) is 0. The molecule has 0 spiro atoms. The number of rotatable bonds is 7. The quantitative estimate of drug-likeness (QED) is 0.654. The van der Waals surface area contributed by atoms with E-state index in [4.69, 9.17) is 4.74 Å². The molecule has 2 aromatic carbocycles. The van der Waals surface area contributed by atoms with Crippen LogP contribution in [0.4, 0.5) is 11.6 Å². The minimum absolute atomic E-state index is 0.167. The number of hydrogen-bond donors (Lipinski definition) is 2. The Bertz CT molecular complexity index is 834. The molecule has 1 heterocycles. The maximum atomic E-state index is 5.19. The fourth-order valence-corrected chi connectivity index (χ4v) is 2.72. The summed E-state index contributed by atoms with van der Waals surface area (Å²) in [5.74, 6) is 3.20. The van der Waals surface area contributed by atoms with Gasteiger partial charge in [0.2, 0.25) is 0 Å². The number of hydrogen-bond acceptors (Lipinski definition) is 5. The highest BCUT2D eigenvalue weighted by atomic mass is 16.5. The maximum absolute atomic E-state index is 5.19. The first-order valence-electron chi connectivity index (χ1n) is 8.68. The number of benzene rings is 2. The van der Waals surface area contributed by atoms with Gasteiger partial charge in [0.15, 0.2) is 0 Å². The second-order valence-electron chi connectivity index (χ2n) is 6.16. The SMILES string of the molecule is COc1ccc(CNc2cc(NC(C)c3ccccc3)nc(C)n2)cc1. The number of nitrogens with one attached hydrogen (secondary N) is 2. The van der Waals surface area contributed by atoms with E-state index in [0.29, 0.717) is 6.54 Å². The van der Waals surface area contributed by atoms with E-state index in [2.05, 4.69) is 39.7 Å². The average Bonchev–Trinajstić information content (AvgIpc) is 2.67. The fourth-order valence-electron chi connectivity index (χ4n) is 2.72. The zero-order valence-corrected chi connectivity index (χ0v) is 15.4. The van der Waals surface area contributed by atoms with Gasteiger partial charge < -0.3 is 15.4 Å². The molecule has 0 bridgehead atoms. The summed E-state index contributed by atoms with van der Waals surface area (Å²) in [6.45, 7) is 4.71. The Kier molecular flexibility index (Phi) is 5.69. The van der Waals surface area contributed by atoms with E-state index < -0.39 is 0 Å². The van der Waals surface area contributed by atoms with Crippen LogP contribution in [0.3, 0.4) is 0 Å². The molecular weight excluding hydrogens is 324 g/mol. The largest absolute Gasteiger partial charge is 0.497 e. The van der Waals surface area contributed by atoms with E-state index >= 15 is 0 Å². The van der Waals surface area contributed by atoms with Gasteiger partial charge in [-0.2, -0.15) is 0 Å². The maximum Gasteiger partial charge on any atom is 0.132 e. The average molecular weight is 348 g/mol. The zero-order valence-electron chi connectivity index (χ0n) is 15.4. The van der Waals surface area contributed by atoms with Gasteiger partial charge >= 0.3 is 0 Å². The predicted molar refractivity (Wildman–Crippen MR) is 106 cm³/mol. The molecule has 1 aromatic heterocycles. The van der Waals surface area contributed by atoms with Crippen molar-refractivity contribution in [1.82, 2.24) is 9.97 Å². The summed E-state index contributed by atoms with van der Waals surface area (Å²) in [7, 11) is 1.67. The van der Waals surface area contributed by atoms with Crippen LogP contribution in [-0.4, -0.2) is 17.1 Å². The Morgan fingerprint density at radius 1 is 0.962 bits per heavy atom. The van der Waals surface area contributed by atoms with Crippen LogP contribution in [0.15, 0.2) is 60.7 Å². The highest BCUT2D eigenvalue weighted by Crippen LogP contribution is 2.20. The van der Waals surface area contributed by atoms with Gasteiger partial charge in [0.1, 0.15) is 23.2 Å². The van der Waals surface area contributed by atoms with E-state index in [1.807, 2.05) is 55.5 Å². The van der Waals surface area contributed by atoms with E-state index in [1.54, 1.807) is 7.11 Å². The molecule has 0 amide bonds. The van der Waals surface area contributed by atoms with Gasteiger partial charge in [-0.25, -0.2) is 9.97 Å². The monoisotopic (exact) mass is 348 g/mol. The summed E-state index contributed by atoms with van der Waals surface area (Å²) in [5.41, 5.74) is 2.38. The van der Waals surface area contributed by atoms with Gasteiger partial charge in [-0.15, -0.1) is 0 Å². The molecule has 0 saturated heterocycles. The number of methoxy groups -OCH3 is 1. The van der Waals surface area contributed by atoms with Gasteiger partial charge in [-0.3, -0.25) is 0 Å². The summed E-state index contributed by atoms with van der Waals surface area (Å²) in [6, 6.07) is 20.4. The van der Waals surface area contributed by atoms with Crippen molar-refractivity contribution in [2.45, 2.75) is 26.4 Å². The highest BCUT2D eigenvalue weighted by Gasteiger charge is 2.08. The Morgan fingerprint density at radius 2 is 1.65 bits per heavy atom. The molecular formula is C21H24N4O. The lowest BCUT2D eigenvalue weighted by Crippen LogP contribution is -2.10. The van der Waals surface area contributed by atoms with Crippen molar-refractivity contribution >= 4 is 11.6 Å². The Hall–Kier alpha value is -3.08. The Balaban J connectivity index is 1.66. The number of nitrogens with zero attached hydrogens (tertiary/aromatic N) is 2. The van der Waals surface area contributed by atoms with Crippen LogP contribution in [0.25, 0.3) is 0 Å². The number of aryl methyl sites for hydroxylation is 1. The van der Waals surface area contributed by atoms with E-state index in [0.717, 1.165) is 28.8 Å². The third kappa shape index (κ3) is 4.72. The molecule has 2 N–H and O–H groups in total. The van der Waals surface area contributed by atoms with Gasteiger partial charge in [0, 0.05) is 18.7 Å². The Labute approximate surface area is 154 Å². The van der Waals surface area contributed by atoms with Crippen molar-refractivity contribution in [3.63, 3.8) is 0 Å². The van der Waals surface area contributed by atoms with Crippen LogP contribution < -0.4 is 15.4 Å². The van der Waals surface area contributed by atoms with Crippen LogP contribution in [0.1, 0.15) is 29.9 Å². The molecule has 5 heteroatoms. The molecule has 0 aliphatic carbocycles. The third-order valence-corrected chi connectivity index (χ3v) is 4.13. The van der Waals surface area contributed by atoms with Crippen LogP contribution >= 0.6 is 0 Å². The summed E-state index contributed by atoms with van der Waals surface area (Å²) in [5, 5.41) is 6.81. The van der Waals surface area contributed by atoms with E-state index in [9.17, 15) is 0 Å². The first-order chi connectivity index (χ1) is 12.6. The van der Waals surface area contributed by atoms with Gasteiger partial charge in [0.05, 0.1) is 7.11 Å². The zero-order chi connectivity index (χ0) is 18.4. The number of aromatic nitrogens is 2. The van der Waals surface area contributed by atoms with Crippen molar-refractivity contribution in [3.8, 4) is 5.75 Å². The molecule has 0 aliphatic rings. The van der Waals surface area contributed by atoms with E-state index in [1.165, 1.54) is 5.56 Å². The highest BCUT2D eigenvalue weighted by molar-refractivity contribution is 5.49. The first-order valence-corrected chi connectivity index (χ1v) is 8.68. The lowest BCUT2D eigenvalue weighted by molar-refractivity contribution is 0.414. The van der Waals surface area contributed by atoms with Crippen molar-refractivity contribution in [1.29, 1.82) is 0 Å². The standard InChI is InChI=1S/C21H24N4O/c1-15(18-7-5-4-6-8-18)23-21-13-20(24-16(2)25-21)22-14-17-9-11-19(26-3)12-10-17/h4-13,15H,14H2,1-3H3,(H2,22,23,24,25). The minimum Gasteiger partial charge on any atom is -0.497 e. The summed E-state index contributed by atoms with van der Waals surface area (Å²) >= 11 is 0. The number of anilines is 2. The molecule has 3 rings (SSSR count). The number of ether oxygens (including phenoxy) is 1. The molecule has 0 radical (unpaired) electrons. The van der Waals surface area contributed by atoms with Gasteiger partial charge in [0.25, 0.3) is 0 Å². The molecule has 26 heavy (non-hydrogen) atoms. The molecule has 3 aromatic rings.